The fourth-order valence-corrected chi connectivity index (χ4v) is 8.89. The minimum atomic E-state index is -6.64. The van der Waals surface area contributed by atoms with Gasteiger partial charge in [-0.05, 0) is 70.0 Å². The van der Waals surface area contributed by atoms with E-state index in [1.54, 1.807) is 12.1 Å². The molecule has 6 heterocycles. The van der Waals surface area contributed by atoms with Gasteiger partial charge < -0.3 is 19.7 Å². The summed E-state index contributed by atoms with van der Waals surface area (Å²) in [5.74, 6) is 2.06. The number of piperazine rings is 1. The first-order chi connectivity index (χ1) is 28.2. The van der Waals surface area contributed by atoms with Crippen molar-refractivity contribution in [2.24, 2.45) is 0 Å². The Morgan fingerprint density at radius 1 is 0.850 bits per heavy atom. The number of benzene rings is 2. The molecule has 0 spiro atoms. The average Bonchev–Trinajstić information content (AvgIpc) is 3.74. The number of terminal acetylenes is 1. The predicted octanol–water partition coefficient (Wildman–Crippen LogP) is 9.31. The van der Waals surface area contributed by atoms with Crippen molar-refractivity contribution >= 4 is 27.5 Å². The molecule has 0 radical (unpaired) electrons. The van der Waals surface area contributed by atoms with E-state index in [0.717, 1.165) is 75.9 Å². The van der Waals surface area contributed by atoms with Crippen LogP contribution in [0.25, 0.3) is 32.9 Å². The van der Waals surface area contributed by atoms with E-state index in [1.165, 1.54) is 6.07 Å². The molecule has 326 valence electrons. The van der Waals surface area contributed by atoms with Crippen LogP contribution in [0.3, 0.4) is 0 Å². The van der Waals surface area contributed by atoms with Gasteiger partial charge >= 0.3 is 30.1 Å². The molecule has 4 aliphatic heterocycles. The lowest BCUT2D eigenvalue weighted by Gasteiger charge is -2.45. The van der Waals surface area contributed by atoms with E-state index in [0.29, 0.717) is 35.2 Å². The summed E-state index contributed by atoms with van der Waals surface area (Å²) in [4.78, 5) is 19.5. The number of aryl methyl sites for hydroxylation is 1. The highest BCUT2D eigenvalue weighted by Gasteiger charge is 2.85. The zero-order valence-corrected chi connectivity index (χ0v) is 33.2. The van der Waals surface area contributed by atoms with Gasteiger partial charge in [-0.2, -0.15) is 49.5 Å². The number of aromatic nitrogens is 3. The van der Waals surface area contributed by atoms with Crippen LogP contribution in [-0.2, 0) is 11.2 Å². The number of anilines is 1. The summed E-state index contributed by atoms with van der Waals surface area (Å²) in [6, 6.07) is 8.62. The van der Waals surface area contributed by atoms with Gasteiger partial charge in [-0.3, -0.25) is 4.90 Å². The van der Waals surface area contributed by atoms with Crippen LogP contribution in [0.15, 0.2) is 30.3 Å². The highest BCUT2D eigenvalue weighted by molar-refractivity contribution is 6.03. The molecule has 1 atom stereocenters. The highest BCUT2D eigenvalue weighted by atomic mass is 19.4. The van der Waals surface area contributed by atoms with Gasteiger partial charge in [0.15, 0.2) is 5.82 Å². The van der Waals surface area contributed by atoms with Crippen molar-refractivity contribution in [1.82, 2.24) is 25.2 Å². The van der Waals surface area contributed by atoms with Crippen molar-refractivity contribution in [1.29, 1.82) is 0 Å². The number of pyridine rings is 1. The third kappa shape index (κ3) is 7.46. The van der Waals surface area contributed by atoms with Crippen molar-refractivity contribution in [3.8, 4) is 29.6 Å². The Morgan fingerprint density at radius 2 is 1.50 bits per heavy atom. The van der Waals surface area contributed by atoms with E-state index < -0.39 is 35.8 Å². The van der Waals surface area contributed by atoms with Crippen LogP contribution in [0.1, 0.15) is 64.1 Å². The van der Waals surface area contributed by atoms with Gasteiger partial charge in [0.2, 0.25) is 0 Å². The summed E-state index contributed by atoms with van der Waals surface area (Å²) >= 11 is 0. The number of rotatable bonds is 5. The van der Waals surface area contributed by atoms with Gasteiger partial charge in [0, 0.05) is 37.7 Å². The molecule has 3 fully saturated rings. The number of halogens is 11. The van der Waals surface area contributed by atoms with E-state index in [1.807, 2.05) is 26.0 Å². The molecule has 0 bridgehead atoms. The van der Waals surface area contributed by atoms with Gasteiger partial charge in [-0.1, -0.05) is 44.0 Å². The SMILES string of the molecule is C#Cc1c(F)ccc2cccc(-c3nc4c5c(nc(OCC67CCCN6CCC7)nc5c3F)N3CCNCC3(C)CC4)c12.CC.COC(C(F)(F)F)(C(F)(F)F)C(F)(F)F. The summed E-state index contributed by atoms with van der Waals surface area (Å²) in [6.07, 6.45) is -8.24. The number of hydrogen-bond acceptors (Lipinski definition) is 8. The van der Waals surface area contributed by atoms with Crippen LogP contribution < -0.4 is 15.0 Å². The molecule has 0 amide bonds. The van der Waals surface area contributed by atoms with Crippen LogP contribution in [0, 0.1) is 24.0 Å². The first-order valence-electron chi connectivity index (χ1n) is 19.4. The molecular weight excluding hydrogens is 817 g/mol. The van der Waals surface area contributed by atoms with Crippen molar-refractivity contribution in [3.63, 3.8) is 0 Å². The molecule has 19 heteroatoms. The third-order valence-corrected chi connectivity index (χ3v) is 11.8. The maximum Gasteiger partial charge on any atom is 0.435 e. The molecule has 0 saturated carbocycles. The number of fused-ring (bicyclic) bond motifs is 4. The Labute approximate surface area is 338 Å². The average molecular weight is 861 g/mol. The molecule has 1 unspecified atom stereocenters. The standard InChI is InChI=1S/C34H34F2N6O.C5H3F9O.C2H6/c1-3-22-24(35)10-9-21-7-4-8-23(26(21)22)29-28(36)30-27-25(38-29)11-14-33(2)19-37-15-18-42(33)31(27)40-32(39-30)43-20-34-12-5-16-41(34)17-6-13-34;1-15-2(3(6,7)8,4(9,10)11)5(12,13)14;1-2/h1,4,7-10,37H,5-6,11-20H2,2H3;1H3;1-2H3. The summed E-state index contributed by atoms with van der Waals surface area (Å²) in [7, 11) is -0.311. The fourth-order valence-electron chi connectivity index (χ4n) is 8.89. The molecule has 4 aliphatic rings. The predicted molar refractivity (Wildman–Crippen MR) is 203 cm³/mol. The van der Waals surface area contributed by atoms with E-state index >= 15 is 4.39 Å². The maximum atomic E-state index is 16.9. The Balaban J connectivity index is 0.000000304. The van der Waals surface area contributed by atoms with Crippen molar-refractivity contribution in [3.05, 3.63) is 53.2 Å². The van der Waals surface area contributed by atoms with Crippen LogP contribution >= 0.6 is 0 Å². The summed E-state index contributed by atoms with van der Waals surface area (Å²) in [6.45, 7) is 11.2. The monoisotopic (exact) mass is 860 g/mol. The molecular formula is C41H43F11N6O2. The van der Waals surface area contributed by atoms with Crippen molar-refractivity contribution in [2.45, 2.75) is 94.5 Å². The number of alkyl halides is 9. The normalized spacial score (nSPS) is 20.3. The Kier molecular flexibility index (Phi) is 12.3. The first kappa shape index (κ1) is 45.0. The quantitative estimate of drug-likeness (QED) is 0.157. The third-order valence-electron chi connectivity index (χ3n) is 11.8. The first-order valence-corrected chi connectivity index (χ1v) is 19.4. The minimum absolute atomic E-state index is 0.00174. The van der Waals surface area contributed by atoms with Gasteiger partial charge in [0.05, 0.1) is 27.7 Å². The van der Waals surface area contributed by atoms with Gasteiger partial charge in [-0.15, -0.1) is 6.42 Å². The molecule has 0 aliphatic carbocycles. The lowest BCUT2D eigenvalue weighted by atomic mass is 9.92. The molecule has 2 aromatic heterocycles. The number of nitrogens with one attached hydrogen (secondary N) is 1. The zero-order chi connectivity index (χ0) is 44.1. The van der Waals surface area contributed by atoms with E-state index in [-0.39, 0.29) is 41.0 Å². The zero-order valence-electron chi connectivity index (χ0n) is 33.2. The van der Waals surface area contributed by atoms with Crippen molar-refractivity contribution in [2.75, 3.05) is 51.3 Å². The molecule has 1 N–H and O–H groups in total. The topological polar surface area (TPSA) is 75.6 Å². The van der Waals surface area contributed by atoms with Crippen LogP contribution in [0.5, 0.6) is 6.01 Å². The summed E-state index contributed by atoms with van der Waals surface area (Å²) in [5, 5.41) is 5.35. The molecule has 4 aromatic rings. The molecule has 2 aromatic carbocycles. The van der Waals surface area contributed by atoms with E-state index in [2.05, 4.69) is 32.7 Å². The van der Waals surface area contributed by atoms with Crippen molar-refractivity contribution < 1.29 is 57.8 Å². The second-order valence-corrected chi connectivity index (χ2v) is 15.2. The van der Waals surface area contributed by atoms with Gasteiger partial charge in [0.1, 0.15) is 29.5 Å². The Morgan fingerprint density at radius 3 is 2.08 bits per heavy atom. The number of nitrogens with zero attached hydrogens (tertiary/aromatic N) is 5. The highest BCUT2D eigenvalue weighted by Crippen LogP contribution is 2.54. The fraction of sp³-hybridized carbons (Fsp3) is 0.537. The van der Waals surface area contributed by atoms with E-state index in [4.69, 9.17) is 26.1 Å². The van der Waals surface area contributed by atoms with Gasteiger partial charge in [0.25, 0.3) is 0 Å². The largest absolute Gasteiger partial charge is 0.461 e. The minimum Gasteiger partial charge on any atom is -0.461 e. The smallest absolute Gasteiger partial charge is 0.435 e. The Bertz CT molecular complexity index is 2230. The second-order valence-electron chi connectivity index (χ2n) is 15.2. The molecule has 8 nitrogen and oxygen atoms in total. The number of ether oxygens (including phenoxy) is 2. The van der Waals surface area contributed by atoms with Crippen LogP contribution in [0.4, 0.5) is 54.1 Å². The Hall–Kier alpha value is -4.54. The summed E-state index contributed by atoms with van der Waals surface area (Å²) in [5.41, 5.74) is -4.80. The second kappa shape index (κ2) is 16.4. The lowest BCUT2D eigenvalue weighted by molar-refractivity contribution is -0.452. The number of methoxy groups -OCH3 is 1. The molecule has 8 rings (SSSR count). The maximum absolute atomic E-state index is 16.9. The molecule has 3 saturated heterocycles. The van der Waals surface area contributed by atoms with Crippen LogP contribution in [0.2, 0.25) is 0 Å². The lowest BCUT2D eigenvalue weighted by Crippen LogP contribution is -2.67. The summed E-state index contributed by atoms with van der Waals surface area (Å²) < 4.78 is 147. The molecule has 60 heavy (non-hydrogen) atoms. The van der Waals surface area contributed by atoms with Crippen LogP contribution in [-0.4, -0.2) is 102 Å². The van der Waals surface area contributed by atoms with Gasteiger partial charge in [-0.25, -0.2) is 13.8 Å². The van der Waals surface area contributed by atoms with E-state index in [9.17, 15) is 43.9 Å². The number of hydrogen-bond donors (Lipinski definition) is 1.